The number of nitrogens with zero attached hydrogens (tertiary/aromatic N) is 5. The predicted octanol–water partition coefficient (Wildman–Crippen LogP) is 6.55. The Bertz CT molecular complexity index is 1200. The van der Waals surface area contributed by atoms with Gasteiger partial charge in [-0.05, 0) is 61.7 Å². The molecule has 196 valence electrons. The number of amides is 1. The average molecular weight is 577 g/mol. The van der Waals surface area contributed by atoms with Crippen LogP contribution < -0.4 is 0 Å². The van der Waals surface area contributed by atoms with E-state index < -0.39 is 13.7 Å². The molecule has 4 rings (SSSR count). The molecule has 8 nitrogen and oxygen atoms in total. The minimum atomic E-state index is -1.11. The van der Waals surface area contributed by atoms with Crippen LogP contribution in [0.4, 0.5) is 4.79 Å². The van der Waals surface area contributed by atoms with Crippen LogP contribution in [-0.4, -0.2) is 63.7 Å². The topological polar surface area (TPSA) is 74.4 Å². The van der Waals surface area contributed by atoms with Crippen LogP contribution in [0.3, 0.4) is 0 Å². The quantitative estimate of drug-likeness (QED) is 0.181. The largest absolute Gasteiger partial charge is 0.444 e. The van der Waals surface area contributed by atoms with E-state index in [0.29, 0.717) is 19.8 Å². The molecule has 10 heteroatoms. The van der Waals surface area contributed by atoms with Crippen molar-refractivity contribution in [2.75, 3.05) is 19.7 Å². The molecule has 0 spiro atoms. The van der Waals surface area contributed by atoms with Crippen LogP contribution in [0.15, 0.2) is 35.5 Å². The second kappa shape index (κ2) is 10.7. The first-order chi connectivity index (χ1) is 16.9. The number of hydrogen-bond acceptors (Lipinski definition) is 5. The molecule has 0 bridgehead atoms. The van der Waals surface area contributed by atoms with Gasteiger partial charge in [0.15, 0.2) is 0 Å². The summed E-state index contributed by atoms with van der Waals surface area (Å²) in [5.41, 5.74) is 2.78. The van der Waals surface area contributed by atoms with Gasteiger partial charge in [0.2, 0.25) is 0 Å². The summed E-state index contributed by atoms with van der Waals surface area (Å²) >= 11 is 3.54. The maximum Gasteiger partial charge on any atom is 0.410 e. The lowest BCUT2D eigenvalue weighted by molar-refractivity contribution is 0.0189. The second-order valence-corrected chi connectivity index (χ2v) is 18.2. The number of aromatic nitrogens is 4. The molecule has 0 atom stereocenters. The summed E-state index contributed by atoms with van der Waals surface area (Å²) < 4.78 is 16.4. The van der Waals surface area contributed by atoms with E-state index in [1.54, 1.807) is 0 Å². The zero-order chi connectivity index (χ0) is 26.1. The molecule has 0 saturated carbocycles. The van der Waals surface area contributed by atoms with Crippen LogP contribution in [-0.2, 0) is 16.2 Å². The summed E-state index contributed by atoms with van der Waals surface area (Å²) in [7, 11) is -1.11. The molecular formula is C26H38BrN5O3Si. The Morgan fingerprint density at radius 1 is 1.17 bits per heavy atom. The van der Waals surface area contributed by atoms with Crippen LogP contribution in [0, 0.1) is 0 Å². The van der Waals surface area contributed by atoms with E-state index in [9.17, 15) is 4.79 Å². The standard InChI is InChI=1S/C26H38BrN5O3Si/c1-26(2,3)35-25(33)30-9-7-20(8-10-30)32-17-22(21-13-24(27)28-15-23(21)32)19-14-29-31(16-19)18-34-11-12-36(4,5)6/h13-17,20H,7-12,18H2,1-6H3. The number of hydrogen-bond donors (Lipinski definition) is 0. The molecule has 3 aromatic heterocycles. The van der Waals surface area contributed by atoms with Crippen molar-refractivity contribution in [1.82, 2.24) is 24.2 Å². The van der Waals surface area contributed by atoms with Gasteiger partial charge >= 0.3 is 6.09 Å². The van der Waals surface area contributed by atoms with Crippen LogP contribution >= 0.6 is 15.9 Å². The lowest BCUT2D eigenvalue weighted by Crippen LogP contribution is -2.42. The molecule has 3 aromatic rings. The number of carbonyl (C=O) groups is 1. The van der Waals surface area contributed by atoms with Crippen molar-refractivity contribution in [2.45, 2.75) is 77.7 Å². The zero-order valence-corrected chi connectivity index (χ0v) is 24.8. The number of carbonyl (C=O) groups excluding carboxylic acids is 1. The molecule has 0 aliphatic carbocycles. The van der Waals surface area contributed by atoms with Gasteiger partial charge in [-0.15, -0.1) is 0 Å². The Labute approximate surface area is 223 Å². The lowest BCUT2D eigenvalue weighted by Gasteiger charge is -2.34. The van der Waals surface area contributed by atoms with Crippen LogP contribution in [0.25, 0.3) is 22.0 Å². The highest BCUT2D eigenvalue weighted by Gasteiger charge is 2.28. The number of rotatable bonds is 7. The van der Waals surface area contributed by atoms with Crippen molar-refractivity contribution >= 4 is 41.0 Å². The van der Waals surface area contributed by atoms with E-state index in [2.05, 4.69) is 62.5 Å². The van der Waals surface area contributed by atoms with Gasteiger partial charge in [-0.1, -0.05) is 19.6 Å². The first kappa shape index (κ1) is 26.9. The number of ether oxygens (including phenoxy) is 2. The van der Waals surface area contributed by atoms with Crippen LogP contribution in [0.2, 0.25) is 25.7 Å². The van der Waals surface area contributed by atoms with Crippen molar-refractivity contribution in [3.63, 3.8) is 0 Å². The predicted molar refractivity (Wildman–Crippen MR) is 149 cm³/mol. The Balaban J connectivity index is 1.50. The summed E-state index contributed by atoms with van der Waals surface area (Å²) in [5, 5.41) is 5.67. The van der Waals surface area contributed by atoms with Crippen molar-refractivity contribution in [1.29, 1.82) is 0 Å². The third-order valence-electron chi connectivity index (χ3n) is 6.36. The van der Waals surface area contributed by atoms with Gasteiger partial charge in [0.1, 0.15) is 16.9 Å². The third kappa shape index (κ3) is 6.77. The van der Waals surface area contributed by atoms with Crippen molar-refractivity contribution in [3.05, 3.63) is 35.5 Å². The van der Waals surface area contributed by atoms with Crippen molar-refractivity contribution < 1.29 is 14.3 Å². The van der Waals surface area contributed by atoms with Gasteiger partial charge in [0.05, 0.1) is 17.9 Å². The SMILES string of the molecule is CC(C)(C)OC(=O)N1CCC(n2cc(-c3cnn(COCC[Si](C)(C)C)c3)c3cc(Br)ncc32)CC1. The molecule has 1 aliphatic rings. The number of likely N-dealkylation sites (tertiary alicyclic amines) is 1. The maximum absolute atomic E-state index is 12.5. The number of pyridine rings is 1. The van der Waals surface area contributed by atoms with Gasteiger partial charge in [0, 0.05) is 62.7 Å². The number of piperidine rings is 1. The van der Waals surface area contributed by atoms with Crippen molar-refractivity contribution in [3.8, 4) is 11.1 Å². The Morgan fingerprint density at radius 3 is 2.56 bits per heavy atom. The summed E-state index contributed by atoms with van der Waals surface area (Å²) in [4.78, 5) is 18.8. The normalized spacial score (nSPS) is 15.6. The minimum Gasteiger partial charge on any atom is -0.444 e. The highest BCUT2D eigenvalue weighted by molar-refractivity contribution is 9.10. The molecule has 1 aliphatic heterocycles. The van der Waals surface area contributed by atoms with Gasteiger partial charge in [-0.3, -0.25) is 0 Å². The fourth-order valence-electron chi connectivity index (χ4n) is 4.42. The molecule has 0 radical (unpaired) electrons. The summed E-state index contributed by atoms with van der Waals surface area (Å²) in [5.74, 6) is 0. The highest BCUT2D eigenvalue weighted by Crippen LogP contribution is 2.36. The average Bonchev–Trinajstić information content (AvgIpc) is 3.39. The van der Waals surface area contributed by atoms with E-state index in [1.165, 1.54) is 0 Å². The molecule has 1 fully saturated rings. The lowest BCUT2D eigenvalue weighted by atomic mass is 10.1. The Kier molecular flexibility index (Phi) is 7.97. The highest BCUT2D eigenvalue weighted by atomic mass is 79.9. The molecular weight excluding hydrogens is 538 g/mol. The molecule has 1 saturated heterocycles. The molecule has 1 amide bonds. The zero-order valence-electron chi connectivity index (χ0n) is 22.3. The molecule has 0 N–H and O–H groups in total. The molecule has 0 aromatic carbocycles. The minimum absolute atomic E-state index is 0.232. The van der Waals surface area contributed by atoms with E-state index in [1.807, 2.05) is 48.9 Å². The molecule has 0 unspecified atom stereocenters. The third-order valence-corrected chi connectivity index (χ3v) is 8.50. The number of fused-ring (bicyclic) bond motifs is 1. The molecule has 4 heterocycles. The molecule has 36 heavy (non-hydrogen) atoms. The van der Waals surface area contributed by atoms with Crippen LogP contribution in [0.1, 0.15) is 39.7 Å². The van der Waals surface area contributed by atoms with E-state index >= 15 is 0 Å². The van der Waals surface area contributed by atoms with E-state index in [-0.39, 0.29) is 12.1 Å². The maximum atomic E-state index is 12.5. The first-order valence-corrected chi connectivity index (χ1v) is 17.1. The monoisotopic (exact) mass is 575 g/mol. The van der Waals surface area contributed by atoms with Gasteiger partial charge in [-0.2, -0.15) is 5.10 Å². The Morgan fingerprint density at radius 2 is 1.89 bits per heavy atom. The fraction of sp³-hybridized carbons (Fsp3) is 0.577. The van der Waals surface area contributed by atoms with Gasteiger partial charge < -0.3 is 18.9 Å². The van der Waals surface area contributed by atoms with Crippen LogP contribution in [0.5, 0.6) is 0 Å². The smallest absolute Gasteiger partial charge is 0.410 e. The van der Waals surface area contributed by atoms with Crippen molar-refractivity contribution in [2.24, 2.45) is 0 Å². The van der Waals surface area contributed by atoms with Gasteiger partial charge in [0.25, 0.3) is 0 Å². The number of halogens is 1. The fourth-order valence-corrected chi connectivity index (χ4v) is 5.51. The summed E-state index contributed by atoms with van der Waals surface area (Å²) in [6.07, 6.45) is 9.58. The second-order valence-electron chi connectivity index (χ2n) is 11.8. The van der Waals surface area contributed by atoms with E-state index in [4.69, 9.17) is 9.47 Å². The first-order valence-electron chi connectivity index (χ1n) is 12.6. The van der Waals surface area contributed by atoms with Gasteiger partial charge in [-0.25, -0.2) is 14.5 Å². The Hall–Kier alpha value is -2.17. The van der Waals surface area contributed by atoms with E-state index in [0.717, 1.165) is 52.1 Å². The summed E-state index contributed by atoms with van der Waals surface area (Å²) in [6.45, 7) is 15.3. The summed E-state index contributed by atoms with van der Waals surface area (Å²) in [6, 6.07) is 3.49.